The Labute approximate surface area is 253 Å². The van der Waals surface area contributed by atoms with Crippen LogP contribution in [-0.4, -0.2) is 58.9 Å². The van der Waals surface area contributed by atoms with Crippen LogP contribution in [-0.2, 0) is 17.8 Å². The lowest BCUT2D eigenvalue weighted by Gasteiger charge is -2.44. The highest BCUT2D eigenvalue weighted by atomic mass is 32.1. The second-order valence-electron chi connectivity index (χ2n) is 11.8. The molecule has 4 heterocycles. The first-order valence-electron chi connectivity index (χ1n) is 15.2. The highest BCUT2D eigenvalue weighted by molar-refractivity contribution is 7.12. The largest absolute Gasteiger partial charge is 0.465 e. The summed E-state index contributed by atoms with van der Waals surface area (Å²) in [5.41, 5.74) is 2.99. The number of ether oxygens (including phenoxy) is 1. The Kier molecular flexibility index (Phi) is 10.2. The van der Waals surface area contributed by atoms with Crippen LogP contribution in [0.3, 0.4) is 0 Å². The minimum Gasteiger partial charge on any atom is -0.465 e. The molecule has 3 saturated heterocycles. The summed E-state index contributed by atoms with van der Waals surface area (Å²) in [4.78, 5) is 32.7. The Hall–Kier alpha value is -3.36. The minimum atomic E-state index is -0.944. The normalized spacial score (nSPS) is 21.3. The van der Waals surface area contributed by atoms with Crippen LogP contribution >= 0.6 is 11.3 Å². The Balaban J connectivity index is 0.000000181. The summed E-state index contributed by atoms with van der Waals surface area (Å²) in [6.45, 7) is 8.68. The van der Waals surface area contributed by atoms with E-state index in [2.05, 4.69) is 24.8 Å². The number of para-hydroxylation sites is 1. The number of carbonyl (C=O) groups excluding carboxylic acids is 1. The number of rotatable bonds is 7. The highest BCUT2D eigenvalue weighted by Gasteiger charge is 2.38. The molecule has 1 N–H and O–H groups in total. The van der Waals surface area contributed by atoms with E-state index < -0.39 is 6.09 Å². The number of anilines is 1. The van der Waals surface area contributed by atoms with Crippen LogP contribution in [0.5, 0.6) is 0 Å². The quantitative estimate of drug-likeness (QED) is 0.306. The molecule has 3 aromatic rings. The maximum atomic E-state index is 13.1. The fraction of sp³-hybridized carbons (Fsp3) is 0.471. The summed E-state index contributed by atoms with van der Waals surface area (Å²) in [5.74, 6) is 0.575. The van der Waals surface area contributed by atoms with Gasteiger partial charge in [-0.2, -0.15) is 0 Å². The number of carboxylic acid groups (broad SMARTS) is 1. The van der Waals surface area contributed by atoms with Gasteiger partial charge in [-0.05, 0) is 87.9 Å². The van der Waals surface area contributed by atoms with Crippen LogP contribution in [0.15, 0.2) is 66.7 Å². The van der Waals surface area contributed by atoms with Crippen molar-refractivity contribution in [2.24, 2.45) is 5.92 Å². The zero-order valence-electron chi connectivity index (χ0n) is 24.8. The molecular weight excluding hydrogens is 546 g/mol. The van der Waals surface area contributed by atoms with Crippen molar-refractivity contribution in [3.8, 4) is 0 Å². The number of aryl methyl sites for hydroxylation is 2. The monoisotopic (exact) mass is 589 g/mol. The van der Waals surface area contributed by atoms with Crippen LogP contribution in [0.4, 0.5) is 15.3 Å². The number of hydrogen-bond donors (Lipinski definition) is 1. The number of carbonyl (C=O) groups is 2. The van der Waals surface area contributed by atoms with Crippen LogP contribution in [0.2, 0.25) is 0 Å². The van der Waals surface area contributed by atoms with Crippen molar-refractivity contribution in [2.45, 2.75) is 77.6 Å². The SMILES string of the molecule is Cc1cc(CN(C(=O)O[C@H]2CN3CCC2CC3)C2CCCC2)sc1C.O=C(O)N(Cc1ccccc1)c1ccccc1. The summed E-state index contributed by atoms with van der Waals surface area (Å²) in [7, 11) is 0. The molecule has 42 heavy (non-hydrogen) atoms. The van der Waals surface area contributed by atoms with Gasteiger partial charge in [-0.25, -0.2) is 9.59 Å². The molecule has 224 valence electrons. The van der Waals surface area contributed by atoms with E-state index in [1.165, 1.54) is 59.0 Å². The second kappa shape index (κ2) is 14.2. The van der Waals surface area contributed by atoms with E-state index in [1.807, 2.05) is 64.8 Å². The molecule has 2 amide bonds. The van der Waals surface area contributed by atoms with Crippen molar-refractivity contribution in [1.82, 2.24) is 9.80 Å². The number of amides is 2. The van der Waals surface area contributed by atoms with Crippen LogP contribution in [0.1, 0.15) is 59.4 Å². The van der Waals surface area contributed by atoms with E-state index >= 15 is 0 Å². The summed E-state index contributed by atoms with van der Waals surface area (Å²) < 4.78 is 6.06. The van der Waals surface area contributed by atoms with Crippen LogP contribution in [0, 0.1) is 19.8 Å². The summed E-state index contributed by atoms with van der Waals surface area (Å²) in [5, 5.41) is 9.21. The van der Waals surface area contributed by atoms with E-state index in [0.29, 0.717) is 30.7 Å². The van der Waals surface area contributed by atoms with Gasteiger partial charge < -0.3 is 14.7 Å². The fourth-order valence-electron chi connectivity index (χ4n) is 6.34. The summed E-state index contributed by atoms with van der Waals surface area (Å²) >= 11 is 1.82. The Morgan fingerprint density at radius 2 is 1.57 bits per heavy atom. The lowest BCUT2D eigenvalue weighted by Crippen LogP contribution is -2.53. The van der Waals surface area contributed by atoms with Gasteiger partial charge >= 0.3 is 12.2 Å². The number of benzene rings is 2. The molecule has 1 saturated carbocycles. The molecule has 1 aliphatic carbocycles. The molecule has 2 aromatic carbocycles. The van der Waals surface area contributed by atoms with Crippen molar-refractivity contribution >= 4 is 29.2 Å². The average Bonchev–Trinajstić information content (AvgIpc) is 3.66. The predicted molar refractivity (Wildman–Crippen MR) is 168 cm³/mol. The Morgan fingerprint density at radius 3 is 2.12 bits per heavy atom. The maximum Gasteiger partial charge on any atom is 0.412 e. The second-order valence-corrected chi connectivity index (χ2v) is 13.1. The number of thiophene rings is 1. The number of nitrogens with zero attached hydrogens (tertiary/aromatic N) is 3. The van der Waals surface area contributed by atoms with Gasteiger partial charge in [-0.3, -0.25) is 9.80 Å². The van der Waals surface area contributed by atoms with E-state index in [4.69, 9.17) is 4.74 Å². The highest BCUT2D eigenvalue weighted by Crippen LogP contribution is 2.32. The van der Waals surface area contributed by atoms with Gasteiger partial charge in [0, 0.05) is 28.0 Å². The fourth-order valence-corrected chi connectivity index (χ4v) is 7.39. The average molecular weight is 590 g/mol. The van der Waals surface area contributed by atoms with Crippen LogP contribution in [0.25, 0.3) is 0 Å². The molecule has 0 unspecified atom stereocenters. The molecule has 1 aromatic heterocycles. The third kappa shape index (κ3) is 7.72. The molecule has 7 nitrogen and oxygen atoms in total. The predicted octanol–water partition coefficient (Wildman–Crippen LogP) is 7.71. The molecule has 8 heteroatoms. The van der Waals surface area contributed by atoms with Crippen LogP contribution < -0.4 is 4.90 Å². The first-order valence-corrected chi connectivity index (χ1v) is 16.0. The molecule has 4 fully saturated rings. The lowest BCUT2D eigenvalue weighted by atomic mass is 9.86. The van der Waals surface area contributed by atoms with Crippen molar-refractivity contribution < 1.29 is 19.4 Å². The van der Waals surface area contributed by atoms with Gasteiger partial charge in [0.1, 0.15) is 6.10 Å². The molecule has 3 aliphatic heterocycles. The van der Waals surface area contributed by atoms with Gasteiger partial charge in [0.2, 0.25) is 0 Å². The summed E-state index contributed by atoms with van der Waals surface area (Å²) in [6.07, 6.45) is 6.17. The zero-order chi connectivity index (χ0) is 29.5. The molecule has 0 radical (unpaired) electrons. The first kappa shape index (κ1) is 30.1. The number of piperidine rings is 3. The van der Waals surface area contributed by atoms with E-state index in [1.54, 1.807) is 12.1 Å². The Morgan fingerprint density at radius 1 is 0.929 bits per heavy atom. The van der Waals surface area contributed by atoms with Gasteiger partial charge in [-0.1, -0.05) is 61.4 Å². The zero-order valence-corrected chi connectivity index (χ0v) is 25.6. The summed E-state index contributed by atoms with van der Waals surface area (Å²) in [6, 6.07) is 21.3. The first-order chi connectivity index (χ1) is 20.4. The van der Waals surface area contributed by atoms with Crippen molar-refractivity contribution in [3.63, 3.8) is 0 Å². The van der Waals surface area contributed by atoms with E-state index in [9.17, 15) is 14.7 Å². The maximum absolute atomic E-state index is 13.1. The number of fused-ring (bicyclic) bond motifs is 3. The van der Waals surface area contributed by atoms with Crippen molar-refractivity contribution in [2.75, 3.05) is 24.5 Å². The standard InChI is InChI=1S/C20H30N2O2S.C14H13NO2/c1-14-11-18(25-15(14)2)12-22(17-5-3-4-6-17)20(23)24-19-13-21-9-7-16(19)8-10-21;16-14(17)15(13-9-5-2-6-10-13)11-12-7-3-1-4-8-12/h11,16-17,19H,3-10,12-13H2,1-2H3;1-10H,11H2,(H,16,17)/t19-;/m0./s1. The molecule has 1 atom stereocenters. The molecule has 2 bridgehead atoms. The third-order valence-electron chi connectivity index (χ3n) is 8.87. The molecule has 4 aliphatic rings. The van der Waals surface area contributed by atoms with Gasteiger partial charge in [0.15, 0.2) is 0 Å². The molecule has 0 spiro atoms. The molecule has 7 rings (SSSR count). The smallest absolute Gasteiger partial charge is 0.412 e. The van der Waals surface area contributed by atoms with Gasteiger partial charge in [0.05, 0.1) is 13.1 Å². The third-order valence-corrected chi connectivity index (χ3v) is 10.0. The van der Waals surface area contributed by atoms with Gasteiger partial charge in [-0.15, -0.1) is 11.3 Å². The Bertz CT molecular complexity index is 1280. The van der Waals surface area contributed by atoms with E-state index in [-0.39, 0.29) is 12.2 Å². The van der Waals surface area contributed by atoms with E-state index in [0.717, 1.165) is 24.9 Å². The van der Waals surface area contributed by atoms with Gasteiger partial charge in [0.25, 0.3) is 0 Å². The topological polar surface area (TPSA) is 73.3 Å². The van der Waals surface area contributed by atoms with Crippen molar-refractivity contribution in [1.29, 1.82) is 0 Å². The molecular formula is C34H43N3O4S. The number of hydrogen-bond acceptors (Lipinski definition) is 5. The van der Waals surface area contributed by atoms with Crippen molar-refractivity contribution in [3.05, 3.63) is 87.6 Å². The lowest BCUT2D eigenvalue weighted by molar-refractivity contribution is -0.0474. The minimum absolute atomic E-state index is 0.0747.